The van der Waals surface area contributed by atoms with Crippen molar-refractivity contribution in [2.45, 2.75) is 20.0 Å². The van der Waals surface area contributed by atoms with Gasteiger partial charge in [-0.05, 0) is 38.1 Å². The van der Waals surface area contributed by atoms with Crippen molar-refractivity contribution in [3.8, 4) is 5.75 Å². The molecule has 0 aliphatic rings. The third kappa shape index (κ3) is 5.76. The highest BCUT2D eigenvalue weighted by molar-refractivity contribution is 5.97. The van der Waals surface area contributed by atoms with Gasteiger partial charge in [0, 0.05) is 11.3 Å². The molecule has 0 spiro atoms. The van der Waals surface area contributed by atoms with E-state index in [9.17, 15) is 14.4 Å². The van der Waals surface area contributed by atoms with E-state index in [1.54, 1.807) is 55.5 Å². The maximum atomic E-state index is 11.9. The Morgan fingerprint density at radius 3 is 2.44 bits per heavy atom. The van der Waals surface area contributed by atoms with Crippen LogP contribution in [-0.4, -0.2) is 30.4 Å². The number of Topliss-reactive ketones (excluding diaryl/α,β-unsaturated/α-hetero) is 1. The molecule has 1 N–H and O–H groups in total. The lowest BCUT2D eigenvalue weighted by Gasteiger charge is -2.14. The molecule has 2 aromatic carbocycles. The number of hydrogen-bond acceptors (Lipinski definition) is 5. The molecule has 0 bridgehead atoms. The minimum Gasteiger partial charge on any atom is -0.479 e. The molecule has 0 unspecified atom stereocenters. The second-order valence-electron chi connectivity index (χ2n) is 5.37. The van der Waals surface area contributed by atoms with Gasteiger partial charge in [-0.2, -0.15) is 0 Å². The first kappa shape index (κ1) is 18.2. The molecule has 0 heterocycles. The molecule has 1 atom stereocenters. The van der Waals surface area contributed by atoms with Crippen molar-refractivity contribution in [3.63, 3.8) is 0 Å². The molecule has 0 radical (unpaired) electrons. The molecule has 130 valence electrons. The van der Waals surface area contributed by atoms with E-state index in [1.807, 2.05) is 6.07 Å². The summed E-state index contributed by atoms with van der Waals surface area (Å²) in [7, 11) is 0. The van der Waals surface area contributed by atoms with Gasteiger partial charge in [-0.1, -0.05) is 30.3 Å². The Balaban J connectivity index is 1.82. The van der Waals surface area contributed by atoms with Crippen molar-refractivity contribution < 1.29 is 23.9 Å². The Morgan fingerprint density at radius 2 is 1.76 bits per heavy atom. The largest absolute Gasteiger partial charge is 0.479 e. The van der Waals surface area contributed by atoms with E-state index in [2.05, 4.69) is 5.32 Å². The first-order valence-corrected chi connectivity index (χ1v) is 7.75. The average Bonchev–Trinajstić information content (AvgIpc) is 2.60. The molecule has 0 aliphatic heterocycles. The minimum atomic E-state index is -0.837. The molecule has 25 heavy (non-hydrogen) atoms. The number of benzene rings is 2. The van der Waals surface area contributed by atoms with Crippen molar-refractivity contribution in [1.29, 1.82) is 0 Å². The number of para-hydroxylation sites is 1. The van der Waals surface area contributed by atoms with Crippen LogP contribution in [0.5, 0.6) is 5.75 Å². The van der Waals surface area contributed by atoms with Crippen molar-refractivity contribution in [2.75, 3.05) is 11.9 Å². The second kappa shape index (κ2) is 8.63. The summed E-state index contributed by atoms with van der Waals surface area (Å²) in [4.78, 5) is 35.1. The lowest BCUT2D eigenvalue weighted by molar-refractivity contribution is -0.153. The van der Waals surface area contributed by atoms with E-state index in [1.165, 1.54) is 6.92 Å². The fourth-order valence-corrected chi connectivity index (χ4v) is 2.02. The van der Waals surface area contributed by atoms with E-state index in [4.69, 9.17) is 9.47 Å². The fraction of sp³-hybridized carbons (Fsp3) is 0.211. The van der Waals surface area contributed by atoms with E-state index in [0.717, 1.165) is 0 Å². The first-order chi connectivity index (χ1) is 12.0. The van der Waals surface area contributed by atoms with Crippen LogP contribution in [0.2, 0.25) is 0 Å². The zero-order valence-electron chi connectivity index (χ0n) is 14.0. The van der Waals surface area contributed by atoms with Crippen LogP contribution < -0.4 is 10.1 Å². The SMILES string of the molecule is CC(=O)c1cccc(NC(=O)COC(=O)[C@@H](C)Oc2ccccc2)c1. The number of hydrogen-bond donors (Lipinski definition) is 1. The summed E-state index contributed by atoms with van der Waals surface area (Å²) >= 11 is 0. The van der Waals surface area contributed by atoms with Crippen LogP contribution in [-0.2, 0) is 14.3 Å². The van der Waals surface area contributed by atoms with Gasteiger partial charge in [0.05, 0.1) is 0 Å². The Hall–Kier alpha value is -3.15. The molecule has 6 nitrogen and oxygen atoms in total. The van der Waals surface area contributed by atoms with Crippen molar-refractivity contribution in [1.82, 2.24) is 0 Å². The number of esters is 1. The van der Waals surface area contributed by atoms with Gasteiger partial charge in [0.1, 0.15) is 5.75 Å². The van der Waals surface area contributed by atoms with Crippen LogP contribution in [0.3, 0.4) is 0 Å². The number of nitrogens with one attached hydrogen (secondary N) is 1. The quantitative estimate of drug-likeness (QED) is 0.618. The van der Waals surface area contributed by atoms with Gasteiger partial charge in [0.15, 0.2) is 18.5 Å². The van der Waals surface area contributed by atoms with Crippen molar-refractivity contribution in [2.24, 2.45) is 0 Å². The lowest BCUT2D eigenvalue weighted by Crippen LogP contribution is -2.29. The van der Waals surface area contributed by atoms with Crippen LogP contribution in [0.4, 0.5) is 5.69 Å². The third-order valence-corrected chi connectivity index (χ3v) is 3.29. The number of carbonyl (C=O) groups excluding carboxylic acids is 3. The van der Waals surface area contributed by atoms with Crippen molar-refractivity contribution >= 4 is 23.3 Å². The fourth-order valence-electron chi connectivity index (χ4n) is 2.02. The van der Waals surface area contributed by atoms with Crippen molar-refractivity contribution in [3.05, 3.63) is 60.2 Å². The summed E-state index contributed by atoms with van der Waals surface area (Å²) in [5.41, 5.74) is 0.946. The second-order valence-corrected chi connectivity index (χ2v) is 5.37. The summed E-state index contributed by atoms with van der Waals surface area (Å²) in [6.07, 6.45) is -0.837. The summed E-state index contributed by atoms with van der Waals surface area (Å²) in [6.45, 7) is 2.55. The molecule has 0 fully saturated rings. The number of ether oxygens (including phenoxy) is 2. The standard InChI is InChI=1S/C19H19NO5/c1-13(21)15-7-6-8-16(11-15)20-18(22)12-24-19(23)14(2)25-17-9-4-3-5-10-17/h3-11,14H,12H2,1-2H3,(H,20,22)/t14-/m1/s1. The van der Waals surface area contributed by atoms with Gasteiger partial charge < -0.3 is 14.8 Å². The highest BCUT2D eigenvalue weighted by atomic mass is 16.6. The van der Waals surface area contributed by atoms with Crippen LogP contribution in [0, 0.1) is 0 Å². The van der Waals surface area contributed by atoms with Gasteiger partial charge in [-0.3, -0.25) is 9.59 Å². The topological polar surface area (TPSA) is 81.7 Å². The molecular formula is C19H19NO5. The van der Waals surface area contributed by atoms with Crippen LogP contribution in [0.15, 0.2) is 54.6 Å². The normalized spacial score (nSPS) is 11.3. The highest BCUT2D eigenvalue weighted by Crippen LogP contribution is 2.12. The Bertz CT molecular complexity index is 757. The lowest BCUT2D eigenvalue weighted by atomic mass is 10.1. The van der Waals surface area contributed by atoms with E-state index < -0.39 is 24.6 Å². The zero-order valence-corrected chi connectivity index (χ0v) is 14.0. The highest BCUT2D eigenvalue weighted by Gasteiger charge is 2.17. The number of ketones is 1. The van der Waals surface area contributed by atoms with Crippen LogP contribution in [0.1, 0.15) is 24.2 Å². The van der Waals surface area contributed by atoms with Gasteiger partial charge in [-0.15, -0.1) is 0 Å². The Kier molecular flexibility index (Phi) is 6.28. The molecule has 0 aliphatic carbocycles. The predicted octanol–water partition coefficient (Wildman–Crippen LogP) is 2.84. The van der Waals surface area contributed by atoms with E-state index in [0.29, 0.717) is 17.0 Å². The molecule has 1 amide bonds. The summed E-state index contributed by atoms with van der Waals surface area (Å²) in [5.74, 6) is -0.704. The van der Waals surface area contributed by atoms with E-state index in [-0.39, 0.29) is 5.78 Å². The van der Waals surface area contributed by atoms with Crippen LogP contribution in [0.25, 0.3) is 0 Å². The van der Waals surface area contributed by atoms with E-state index >= 15 is 0 Å². The summed E-state index contributed by atoms with van der Waals surface area (Å²) in [5, 5.41) is 2.57. The number of amides is 1. The van der Waals surface area contributed by atoms with Gasteiger partial charge in [0.2, 0.25) is 0 Å². The monoisotopic (exact) mass is 341 g/mol. The maximum Gasteiger partial charge on any atom is 0.347 e. The first-order valence-electron chi connectivity index (χ1n) is 7.75. The molecule has 2 aromatic rings. The number of anilines is 1. The smallest absolute Gasteiger partial charge is 0.347 e. The molecular weight excluding hydrogens is 322 g/mol. The molecule has 0 saturated heterocycles. The number of carbonyl (C=O) groups is 3. The Morgan fingerprint density at radius 1 is 1.04 bits per heavy atom. The molecule has 0 saturated carbocycles. The summed E-state index contributed by atoms with van der Waals surface area (Å²) < 4.78 is 10.4. The third-order valence-electron chi connectivity index (χ3n) is 3.29. The Labute approximate surface area is 145 Å². The molecule has 0 aromatic heterocycles. The number of rotatable bonds is 7. The molecule has 6 heteroatoms. The van der Waals surface area contributed by atoms with Crippen LogP contribution >= 0.6 is 0 Å². The van der Waals surface area contributed by atoms with Gasteiger partial charge in [0.25, 0.3) is 5.91 Å². The predicted molar refractivity (Wildman–Crippen MR) is 92.6 cm³/mol. The minimum absolute atomic E-state index is 0.102. The summed E-state index contributed by atoms with van der Waals surface area (Å²) in [6, 6.07) is 15.4. The average molecular weight is 341 g/mol. The zero-order chi connectivity index (χ0) is 18.2. The van der Waals surface area contributed by atoms with Gasteiger partial charge >= 0.3 is 5.97 Å². The van der Waals surface area contributed by atoms with Gasteiger partial charge in [-0.25, -0.2) is 4.79 Å². The molecule has 2 rings (SSSR count). The maximum absolute atomic E-state index is 11.9.